The first-order valence-electron chi connectivity index (χ1n) is 4.95. The third-order valence-electron chi connectivity index (χ3n) is 2.29. The fourth-order valence-corrected chi connectivity index (χ4v) is 1.46. The van der Waals surface area contributed by atoms with Gasteiger partial charge in [0.1, 0.15) is 6.04 Å². The summed E-state index contributed by atoms with van der Waals surface area (Å²) in [4.78, 5) is 8.47. The van der Waals surface area contributed by atoms with Crippen molar-refractivity contribution in [1.82, 2.24) is 25.2 Å². The Hall–Kier alpha value is -1.79. The second-order valence-electron chi connectivity index (χ2n) is 3.60. The van der Waals surface area contributed by atoms with Crippen LogP contribution in [0.15, 0.2) is 24.7 Å². The van der Waals surface area contributed by atoms with Crippen LogP contribution < -0.4 is 11.3 Å². The van der Waals surface area contributed by atoms with Crippen LogP contribution in [0.2, 0.25) is 0 Å². The van der Waals surface area contributed by atoms with Gasteiger partial charge in [-0.15, -0.1) is 0 Å². The molecule has 0 aliphatic carbocycles. The van der Waals surface area contributed by atoms with Gasteiger partial charge in [0.05, 0.1) is 23.3 Å². The Kier molecular flexibility index (Phi) is 2.93. The molecule has 1 atom stereocenters. The molecule has 2 heterocycles. The molecule has 16 heavy (non-hydrogen) atoms. The minimum absolute atomic E-state index is 0.228. The normalized spacial score (nSPS) is 12.7. The number of hydrogen-bond acceptors (Lipinski definition) is 5. The van der Waals surface area contributed by atoms with Crippen LogP contribution >= 0.6 is 0 Å². The molecule has 0 aliphatic heterocycles. The van der Waals surface area contributed by atoms with E-state index in [4.69, 9.17) is 5.84 Å². The van der Waals surface area contributed by atoms with Crippen LogP contribution in [0.3, 0.4) is 0 Å². The van der Waals surface area contributed by atoms with Gasteiger partial charge in [0, 0.05) is 19.4 Å². The largest absolute Gasteiger partial charge is 0.275 e. The van der Waals surface area contributed by atoms with Gasteiger partial charge in [0.15, 0.2) is 0 Å². The van der Waals surface area contributed by atoms with E-state index >= 15 is 0 Å². The second-order valence-corrected chi connectivity index (χ2v) is 3.60. The van der Waals surface area contributed by atoms with Crippen molar-refractivity contribution in [2.45, 2.75) is 13.0 Å². The van der Waals surface area contributed by atoms with Crippen LogP contribution in [0.25, 0.3) is 0 Å². The minimum Gasteiger partial charge on any atom is -0.275 e. The Bertz CT molecular complexity index is 460. The topological polar surface area (TPSA) is 81.6 Å². The fourth-order valence-electron chi connectivity index (χ4n) is 1.46. The molecule has 0 fully saturated rings. The highest BCUT2D eigenvalue weighted by Crippen LogP contribution is 2.16. The molecule has 6 heteroatoms. The third kappa shape index (κ3) is 2.07. The van der Waals surface area contributed by atoms with Gasteiger partial charge < -0.3 is 0 Å². The van der Waals surface area contributed by atoms with Gasteiger partial charge in [0.2, 0.25) is 0 Å². The average molecular weight is 218 g/mol. The van der Waals surface area contributed by atoms with Crippen molar-refractivity contribution in [2.75, 3.05) is 0 Å². The van der Waals surface area contributed by atoms with Gasteiger partial charge in [-0.05, 0) is 13.0 Å². The highest BCUT2D eigenvalue weighted by Gasteiger charge is 2.16. The van der Waals surface area contributed by atoms with Crippen LogP contribution in [0.1, 0.15) is 23.1 Å². The van der Waals surface area contributed by atoms with Gasteiger partial charge in [-0.2, -0.15) is 5.10 Å². The maximum atomic E-state index is 5.52. The number of hydrazine groups is 1. The van der Waals surface area contributed by atoms with E-state index in [1.807, 2.05) is 26.2 Å². The van der Waals surface area contributed by atoms with E-state index in [0.717, 1.165) is 17.1 Å². The maximum Gasteiger partial charge on any atom is 0.109 e. The second kappa shape index (κ2) is 4.38. The fraction of sp³-hybridized carbons (Fsp3) is 0.300. The molecule has 3 N–H and O–H groups in total. The first-order valence-corrected chi connectivity index (χ1v) is 4.95. The Labute approximate surface area is 93.5 Å². The molecule has 0 saturated carbocycles. The molecule has 2 rings (SSSR count). The number of nitrogens with two attached hydrogens (primary N) is 1. The van der Waals surface area contributed by atoms with Crippen LogP contribution in [0, 0.1) is 6.92 Å². The van der Waals surface area contributed by atoms with Crippen LogP contribution in [-0.4, -0.2) is 19.7 Å². The van der Waals surface area contributed by atoms with Crippen LogP contribution in [0.4, 0.5) is 0 Å². The summed E-state index contributed by atoms with van der Waals surface area (Å²) in [6.07, 6.45) is 5.28. The first-order chi connectivity index (χ1) is 7.70. The highest BCUT2D eigenvalue weighted by atomic mass is 15.3. The molecule has 0 spiro atoms. The van der Waals surface area contributed by atoms with E-state index in [1.54, 1.807) is 17.1 Å². The molecule has 6 nitrogen and oxygen atoms in total. The lowest BCUT2D eigenvalue weighted by Crippen LogP contribution is -2.30. The molecule has 0 saturated heterocycles. The maximum absolute atomic E-state index is 5.52. The smallest absolute Gasteiger partial charge is 0.109 e. The van der Waals surface area contributed by atoms with Gasteiger partial charge in [-0.1, -0.05) is 0 Å². The van der Waals surface area contributed by atoms with Gasteiger partial charge in [0.25, 0.3) is 0 Å². The van der Waals surface area contributed by atoms with Crippen molar-refractivity contribution in [1.29, 1.82) is 0 Å². The van der Waals surface area contributed by atoms with Gasteiger partial charge >= 0.3 is 0 Å². The zero-order valence-corrected chi connectivity index (χ0v) is 9.25. The lowest BCUT2D eigenvalue weighted by Gasteiger charge is -2.12. The Morgan fingerprint density at radius 1 is 1.31 bits per heavy atom. The molecule has 0 amide bonds. The van der Waals surface area contributed by atoms with Crippen molar-refractivity contribution >= 4 is 0 Å². The summed E-state index contributed by atoms with van der Waals surface area (Å²) < 4.78 is 1.72. The van der Waals surface area contributed by atoms with Crippen LogP contribution in [-0.2, 0) is 7.05 Å². The van der Waals surface area contributed by atoms with Crippen molar-refractivity contribution in [3.63, 3.8) is 0 Å². The number of nitrogens with zero attached hydrogens (tertiary/aromatic N) is 4. The van der Waals surface area contributed by atoms with E-state index in [9.17, 15) is 0 Å². The Morgan fingerprint density at radius 2 is 2.12 bits per heavy atom. The van der Waals surface area contributed by atoms with Gasteiger partial charge in [-0.3, -0.25) is 20.5 Å². The number of rotatable bonds is 3. The number of nitrogens with one attached hydrogen (secondary N) is 1. The molecule has 0 aliphatic rings. The molecule has 2 aromatic heterocycles. The molecular formula is C10H14N6. The molecule has 0 bridgehead atoms. The standard InChI is InChI=1S/C10H14N6/c1-7-5-13-9(6-12-7)10(14-11)8-3-4-16(2)15-8/h3-6,10,14H,11H2,1-2H3. The third-order valence-corrected chi connectivity index (χ3v) is 2.29. The first kappa shape index (κ1) is 10.7. The van der Waals surface area contributed by atoms with Gasteiger partial charge in [-0.25, -0.2) is 5.43 Å². The summed E-state index contributed by atoms with van der Waals surface area (Å²) in [7, 11) is 1.86. The summed E-state index contributed by atoms with van der Waals surface area (Å²) in [6.45, 7) is 1.89. The Morgan fingerprint density at radius 3 is 2.62 bits per heavy atom. The highest BCUT2D eigenvalue weighted by molar-refractivity contribution is 5.18. The van der Waals surface area contributed by atoms with E-state index in [1.165, 1.54) is 0 Å². The number of hydrogen-bond donors (Lipinski definition) is 2. The van der Waals surface area contributed by atoms with Crippen molar-refractivity contribution in [2.24, 2.45) is 12.9 Å². The predicted molar refractivity (Wildman–Crippen MR) is 59.1 cm³/mol. The van der Waals surface area contributed by atoms with E-state index < -0.39 is 0 Å². The zero-order valence-electron chi connectivity index (χ0n) is 9.25. The summed E-state index contributed by atoms with van der Waals surface area (Å²) in [5, 5.41) is 4.29. The average Bonchev–Trinajstić information content (AvgIpc) is 2.69. The summed E-state index contributed by atoms with van der Waals surface area (Å²) in [5.41, 5.74) is 5.14. The number of aryl methyl sites for hydroxylation is 2. The van der Waals surface area contributed by atoms with E-state index in [2.05, 4.69) is 20.5 Å². The number of aromatic nitrogens is 4. The van der Waals surface area contributed by atoms with E-state index in [-0.39, 0.29) is 6.04 Å². The predicted octanol–water partition coefficient (Wildman–Crippen LogP) is 0.0712. The van der Waals surface area contributed by atoms with Crippen molar-refractivity contribution < 1.29 is 0 Å². The summed E-state index contributed by atoms with van der Waals surface area (Å²) >= 11 is 0. The van der Waals surface area contributed by atoms with Crippen LogP contribution in [0.5, 0.6) is 0 Å². The lowest BCUT2D eigenvalue weighted by molar-refractivity contribution is 0.587. The molecule has 0 radical (unpaired) electrons. The molecule has 2 aromatic rings. The zero-order chi connectivity index (χ0) is 11.5. The quantitative estimate of drug-likeness (QED) is 0.563. The SMILES string of the molecule is Cc1cnc(C(NN)c2ccn(C)n2)cn1. The summed E-state index contributed by atoms with van der Waals surface area (Å²) in [5.74, 6) is 5.52. The Balaban J connectivity index is 2.32. The monoisotopic (exact) mass is 218 g/mol. The molecule has 1 unspecified atom stereocenters. The minimum atomic E-state index is -0.228. The molecular weight excluding hydrogens is 204 g/mol. The lowest BCUT2D eigenvalue weighted by atomic mass is 10.1. The van der Waals surface area contributed by atoms with Crippen molar-refractivity contribution in [3.8, 4) is 0 Å². The molecule has 84 valence electrons. The van der Waals surface area contributed by atoms with E-state index in [0.29, 0.717) is 0 Å². The summed E-state index contributed by atoms with van der Waals surface area (Å²) in [6, 6.07) is 1.67. The van der Waals surface area contributed by atoms with Crippen molar-refractivity contribution in [3.05, 3.63) is 41.7 Å². The molecule has 0 aromatic carbocycles.